The highest BCUT2D eigenvalue weighted by atomic mass is 32.1. The van der Waals surface area contributed by atoms with Crippen LogP contribution < -0.4 is 11.1 Å². The van der Waals surface area contributed by atoms with Gasteiger partial charge >= 0.3 is 0 Å². The third kappa shape index (κ3) is 3.75. The summed E-state index contributed by atoms with van der Waals surface area (Å²) in [5, 5.41) is 2.81. The van der Waals surface area contributed by atoms with Crippen molar-refractivity contribution in [1.82, 2.24) is 0 Å². The molecular formula is C14H18N2O2S. The highest BCUT2D eigenvalue weighted by Gasteiger charge is 2.24. The first-order chi connectivity index (χ1) is 9.06. The van der Waals surface area contributed by atoms with E-state index in [0.29, 0.717) is 10.7 Å². The van der Waals surface area contributed by atoms with Gasteiger partial charge in [0, 0.05) is 11.3 Å². The fraction of sp³-hybridized carbons (Fsp3) is 0.429. The van der Waals surface area contributed by atoms with Crippen LogP contribution in [0.2, 0.25) is 0 Å². The number of thiocarbonyl (C=S) groups is 1. The van der Waals surface area contributed by atoms with Crippen LogP contribution in [0.25, 0.3) is 0 Å². The summed E-state index contributed by atoms with van der Waals surface area (Å²) in [5.74, 6) is -0.146. The van der Waals surface area contributed by atoms with Crippen molar-refractivity contribution in [2.75, 3.05) is 5.32 Å². The lowest BCUT2D eigenvalue weighted by Crippen LogP contribution is -2.34. The number of benzene rings is 1. The molecule has 3 N–H and O–H groups in total. The van der Waals surface area contributed by atoms with Crippen molar-refractivity contribution in [3.8, 4) is 0 Å². The minimum atomic E-state index is -0.446. The molecule has 0 spiro atoms. The number of anilines is 1. The average Bonchev–Trinajstić information content (AvgIpc) is 2.33. The number of rotatable bonds is 5. The molecule has 0 heterocycles. The largest absolute Gasteiger partial charge is 0.389 e. The van der Waals surface area contributed by atoms with E-state index < -0.39 is 6.10 Å². The van der Waals surface area contributed by atoms with Crippen molar-refractivity contribution in [2.45, 2.75) is 38.4 Å². The Morgan fingerprint density at radius 1 is 1.53 bits per heavy atom. The summed E-state index contributed by atoms with van der Waals surface area (Å²) in [6.45, 7) is 1.77. The molecule has 1 aromatic carbocycles. The molecular weight excluding hydrogens is 260 g/mol. The van der Waals surface area contributed by atoms with E-state index in [1.165, 1.54) is 6.42 Å². The van der Waals surface area contributed by atoms with Crippen LogP contribution in [-0.2, 0) is 9.53 Å². The highest BCUT2D eigenvalue weighted by Crippen LogP contribution is 2.23. The molecule has 1 aliphatic rings. The zero-order valence-electron chi connectivity index (χ0n) is 10.9. The molecule has 0 aliphatic heterocycles. The number of carbonyl (C=O) groups excluding carboxylic acids is 1. The predicted octanol–water partition coefficient (Wildman–Crippen LogP) is 2.22. The maximum absolute atomic E-state index is 12.0. The molecule has 0 bridgehead atoms. The Morgan fingerprint density at radius 3 is 2.84 bits per heavy atom. The molecule has 0 radical (unpaired) electrons. The molecule has 102 valence electrons. The van der Waals surface area contributed by atoms with Crippen LogP contribution in [0.3, 0.4) is 0 Å². The fourth-order valence-corrected chi connectivity index (χ4v) is 1.98. The van der Waals surface area contributed by atoms with Gasteiger partial charge in [0.2, 0.25) is 0 Å². The molecule has 0 saturated heterocycles. The van der Waals surface area contributed by atoms with Crippen LogP contribution >= 0.6 is 12.2 Å². The van der Waals surface area contributed by atoms with Crippen molar-refractivity contribution in [3.05, 3.63) is 29.8 Å². The van der Waals surface area contributed by atoms with E-state index in [0.717, 1.165) is 18.4 Å². The summed E-state index contributed by atoms with van der Waals surface area (Å²) in [6, 6.07) is 7.18. The van der Waals surface area contributed by atoms with E-state index in [2.05, 4.69) is 5.32 Å². The third-order valence-electron chi connectivity index (χ3n) is 3.23. The van der Waals surface area contributed by atoms with Gasteiger partial charge in [0.05, 0.1) is 6.10 Å². The lowest BCUT2D eigenvalue weighted by Gasteiger charge is -2.28. The maximum atomic E-state index is 12.0. The Morgan fingerprint density at radius 2 is 2.26 bits per heavy atom. The van der Waals surface area contributed by atoms with E-state index in [4.69, 9.17) is 22.7 Å². The Kier molecular flexibility index (Phi) is 4.50. The summed E-state index contributed by atoms with van der Waals surface area (Å²) in [7, 11) is 0. The first kappa shape index (κ1) is 14.0. The molecule has 1 aliphatic carbocycles. The molecule has 4 nitrogen and oxygen atoms in total. The number of carbonyl (C=O) groups is 1. The summed E-state index contributed by atoms with van der Waals surface area (Å²) in [5.41, 5.74) is 6.98. The molecule has 2 rings (SSSR count). The van der Waals surface area contributed by atoms with Gasteiger partial charge in [-0.25, -0.2) is 0 Å². The topological polar surface area (TPSA) is 64.3 Å². The lowest BCUT2D eigenvalue weighted by atomic mass is 9.96. The summed E-state index contributed by atoms with van der Waals surface area (Å²) in [4.78, 5) is 12.3. The summed E-state index contributed by atoms with van der Waals surface area (Å²) in [6.07, 6.45) is 3.08. The number of nitrogens with one attached hydrogen (secondary N) is 1. The van der Waals surface area contributed by atoms with Crippen LogP contribution in [0.5, 0.6) is 0 Å². The van der Waals surface area contributed by atoms with Gasteiger partial charge in [-0.2, -0.15) is 0 Å². The third-order valence-corrected chi connectivity index (χ3v) is 3.47. The van der Waals surface area contributed by atoms with E-state index in [1.807, 2.05) is 12.1 Å². The van der Waals surface area contributed by atoms with E-state index in [9.17, 15) is 4.79 Å². The van der Waals surface area contributed by atoms with Crippen LogP contribution in [0.15, 0.2) is 24.3 Å². The number of ether oxygens (including phenoxy) is 1. The Bertz CT molecular complexity index is 486. The van der Waals surface area contributed by atoms with Gasteiger partial charge in [0.25, 0.3) is 5.91 Å². The standard InChI is InChI=1S/C14H18N2O2S/c1-9(18-12-6-3-7-12)14(17)16-11-5-2-4-10(8-11)13(15)19/h2,4-5,8-9,12H,3,6-7H2,1H3,(H2,15,19)(H,16,17). The van der Waals surface area contributed by atoms with Gasteiger partial charge in [-0.1, -0.05) is 24.4 Å². The smallest absolute Gasteiger partial charge is 0.253 e. The average molecular weight is 278 g/mol. The molecule has 1 fully saturated rings. The molecule has 1 atom stereocenters. The van der Waals surface area contributed by atoms with E-state index in [1.54, 1.807) is 19.1 Å². The second-order valence-corrected chi connectivity index (χ2v) is 5.21. The number of nitrogens with two attached hydrogens (primary N) is 1. The Hall–Kier alpha value is -1.46. The predicted molar refractivity (Wildman–Crippen MR) is 79.1 cm³/mol. The fourth-order valence-electron chi connectivity index (χ4n) is 1.85. The summed E-state index contributed by atoms with van der Waals surface area (Å²) < 4.78 is 5.64. The molecule has 1 saturated carbocycles. The number of amides is 1. The maximum Gasteiger partial charge on any atom is 0.253 e. The van der Waals surface area contributed by atoms with Crippen LogP contribution in [0.4, 0.5) is 5.69 Å². The normalized spacial score (nSPS) is 16.5. The van der Waals surface area contributed by atoms with E-state index >= 15 is 0 Å². The van der Waals surface area contributed by atoms with Crippen molar-refractivity contribution in [1.29, 1.82) is 0 Å². The zero-order valence-corrected chi connectivity index (χ0v) is 11.7. The zero-order chi connectivity index (χ0) is 13.8. The summed E-state index contributed by atoms with van der Waals surface area (Å²) >= 11 is 4.91. The van der Waals surface area contributed by atoms with Crippen molar-refractivity contribution >= 4 is 28.8 Å². The van der Waals surface area contributed by atoms with Gasteiger partial charge in [0.1, 0.15) is 11.1 Å². The van der Waals surface area contributed by atoms with Crippen molar-refractivity contribution in [2.24, 2.45) is 5.73 Å². The van der Waals surface area contributed by atoms with Gasteiger partial charge in [-0.05, 0) is 38.3 Å². The highest BCUT2D eigenvalue weighted by molar-refractivity contribution is 7.80. The first-order valence-corrected chi connectivity index (χ1v) is 6.83. The van der Waals surface area contributed by atoms with Crippen LogP contribution in [0.1, 0.15) is 31.7 Å². The molecule has 5 heteroatoms. The second-order valence-electron chi connectivity index (χ2n) is 4.77. The van der Waals surface area contributed by atoms with Gasteiger partial charge in [-0.3, -0.25) is 4.79 Å². The monoisotopic (exact) mass is 278 g/mol. The van der Waals surface area contributed by atoms with Crippen molar-refractivity contribution < 1.29 is 9.53 Å². The molecule has 19 heavy (non-hydrogen) atoms. The first-order valence-electron chi connectivity index (χ1n) is 6.42. The molecule has 1 aromatic rings. The molecule has 1 unspecified atom stereocenters. The Labute approximate surface area is 118 Å². The minimum Gasteiger partial charge on any atom is -0.389 e. The number of hydrogen-bond acceptors (Lipinski definition) is 3. The Balaban J connectivity index is 1.93. The lowest BCUT2D eigenvalue weighted by molar-refractivity contribution is -0.133. The van der Waals surface area contributed by atoms with Gasteiger partial charge < -0.3 is 15.8 Å². The molecule has 0 aromatic heterocycles. The minimum absolute atomic E-state index is 0.146. The van der Waals surface area contributed by atoms with Crippen molar-refractivity contribution in [3.63, 3.8) is 0 Å². The van der Waals surface area contributed by atoms with Gasteiger partial charge in [0.15, 0.2) is 0 Å². The quantitative estimate of drug-likeness (QED) is 0.811. The number of hydrogen-bond donors (Lipinski definition) is 2. The SMILES string of the molecule is CC(OC1CCC1)C(=O)Nc1cccc(C(N)=S)c1. The van der Waals surface area contributed by atoms with Crippen LogP contribution in [0, 0.1) is 0 Å². The van der Waals surface area contributed by atoms with Gasteiger partial charge in [-0.15, -0.1) is 0 Å². The van der Waals surface area contributed by atoms with E-state index in [-0.39, 0.29) is 12.0 Å². The molecule has 1 amide bonds. The second kappa shape index (κ2) is 6.12. The van der Waals surface area contributed by atoms with Crippen LogP contribution in [-0.4, -0.2) is 23.1 Å².